The van der Waals surface area contributed by atoms with Crippen molar-refractivity contribution in [2.45, 2.75) is 32.4 Å². The molecule has 0 amide bonds. The maximum Gasteiger partial charge on any atom is 0.459 e. The Balaban J connectivity index is 2.57. The van der Waals surface area contributed by atoms with Crippen LogP contribution >= 0.6 is 22.6 Å². The Morgan fingerprint density at radius 3 is 2.43 bits per heavy atom. The van der Waals surface area contributed by atoms with Gasteiger partial charge < -0.3 is 0 Å². The molecule has 0 spiro atoms. The van der Waals surface area contributed by atoms with Gasteiger partial charge in [-0.2, -0.15) is 32.1 Å². The first-order valence-corrected chi connectivity index (χ1v) is 6.92. The van der Waals surface area contributed by atoms with E-state index < -0.39 is 17.8 Å². The molecule has 0 unspecified atom stereocenters. The van der Waals surface area contributed by atoms with Gasteiger partial charge in [0.25, 0.3) is 0 Å². The smallest absolute Gasteiger partial charge is 0.279 e. The molecule has 0 saturated carbocycles. The number of hydrogen-bond acceptors (Lipinski definition) is 2. The van der Waals surface area contributed by atoms with Crippen LogP contribution in [0.25, 0.3) is 5.69 Å². The number of rotatable bonds is 3. The summed E-state index contributed by atoms with van der Waals surface area (Å²) < 4.78 is 65.4. The fraction of sp³-hybridized carbons (Fsp3) is 0.455. The van der Waals surface area contributed by atoms with Crippen LogP contribution < -0.4 is 0 Å². The highest BCUT2D eigenvalue weighted by molar-refractivity contribution is 14.1. The van der Waals surface area contributed by atoms with Crippen LogP contribution in [0.5, 0.6) is 0 Å². The van der Waals surface area contributed by atoms with Crippen molar-refractivity contribution >= 4 is 22.6 Å². The molecule has 0 saturated heterocycles. The minimum Gasteiger partial charge on any atom is -0.279 e. The van der Waals surface area contributed by atoms with Crippen molar-refractivity contribution in [2.75, 3.05) is 0 Å². The van der Waals surface area contributed by atoms with Gasteiger partial charge in [-0.05, 0) is 42.0 Å². The summed E-state index contributed by atoms with van der Waals surface area (Å²) in [4.78, 5) is 0. The van der Waals surface area contributed by atoms with Crippen molar-refractivity contribution in [3.05, 3.63) is 26.8 Å². The molecule has 116 valence electrons. The third-order valence-electron chi connectivity index (χ3n) is 2.90. The fourth-order valence-electron chi connectivity index (χ4n) is 1.81. The van der Waals surface area contributed by atoms with Crippen LogP contribution in [-0.2, 0) is 12.3 Å². The highest BCUT2D eigenvalue weighted by Crippen LogP contribution is 2.43. The SMILES string of the molecule is CCc1[nH]nc(I)c1-n1nc(C(F)(F)C(F)(F)F)cc1C. The number of aromatic amines is 1. The van der Waals surface area contributed by atoms with Crippen LogP contribution in [0.3, 0.4) is 0 Å². The lowest BCUT2D eigenvalue weighted by Gasteiger charge is -2.16. The molecule has 4 nitrogen and oxygen atoms in total. The first-order chi connectivity index (χ1) is 9.59. The van der Waals surface area contributed by atoms with Gasteiger partial charge in [-0.1, -0.05) is 6.92 Å². The Labute approximate surface area is 129 Å². The molecule has 0 radical (unpaired) electrons. The Morgan fingerprint density at radius 2 is 1.90 bits per heavy atom. The van der Waals surface area contributed by atoms with Gasteiger partial charge in [0.2, 0.25) is 0 Å². The molecule has 0 aliphatic rings. The maximum absolute atomic E-state index is 13.4. The summed E-state index contributed by atoms with van der Waals surface area (Å²) in [7, 11) is 0. The Bertz CT molecular complexity index is 658. The molecule has 10 heteroatoms. The van der Waals surface area contributed by atoms with Crippen molar-refractivity contribution in [1.82, 2.24) is 20.0 Å². The molecule has 0 aliphatic carbocycles. The van der Waals surface area contributed by atoms with E-state index in [0.29, 0.717) is 21.5 Å². The monoisotopic (exact) mass is 420 g/mol. The van der Waals surface area contributed by atoms with E-state index >= 15 is 0 Å². The Hall–Kier alpha value is -1.20. The lowest BCUT2D eigenvalue weighted by molar-refractivity contribution is -0.291. The van der Waals surface area contributed by atoms with E-state index in [4.69, 9.17) is 0 Å². The van der Waals surface area contributed by atoms with E-state index in [9.17, 15) is 22.0 Å². The van der Waals surface area contributed by atoms with E-state index in [1.165, 1.54) is 6.92 Å². The zero-order valence-electron chi connectivity index (χ0n) is 10.9. The van der Waals surface area contributed by atoms with Gasteiger partial charge in [0.1, 0.15) is 15.1 Å². The van der Waals surface area contributed by atoms with Gasteiger partial charge in [0, 0.05) is 5.69 Å². The van der Waals surface area contributed by atoms with Gasteiger partial charge in [0.05, 0.1) is 5.69 Å². The van der Waals surface area contributed by atoms with Crippen LogP contribution in [0.2, 0.25) is 0 Å². The summed E-state index contributed by atoms with van der Waals surface area (Å²) in [6.45, 7) is 3.21. The second-order valence-electron chi connectivity index (χ2n) is 4.35. The van der Waals surface area contributed by atoms with Gasteiger partial charge >= 0.3 is 12.1 Å². The molecule has 2 rings (SSSR count). The van der Waals surface area contributed by atoms with Crippen LogP contribution in [0.1, 0.15) is 24.0 Å². The minimum absolute atomic E-state index is 0.169. The van der Waals surface area contributed by atoms with Gasteiger partial charge in [-0.25, -0.2) is 4.68 Å². The normalized spacial score (nSPS) is 13.0. The number of alkyl halides is 5. The van der Waals surface area contributed by atoms with Gasteiger partial charge in [0.15, 0.2) is 0 Å². The maximum atomic E-state index is 13.4. The number of halogens is 6. The highest BCUT2D eigenvalue weighted by atomic mass is 127. The molecule has 1 N–H and O–H groups in total. The summed E-state index contributed by atoms with van der Waals surface area (Å²) in [6.07, 6.45) is -5.18. The van der Waals surface area contributed by atoms with E-state index in [1.807, 2.05) is 22.6 Å². The third kappa shape index (κ3) is 2.64. The largest absolute Gasteiger partial charge is 0.459 e. The molecule has 21 heavy (non-hydrogen) atoms. The predicted octanol–water partition coefficient (Wildman–Crippen LogP) is 3.72. The molecule has 0 atom stereocenters. The number of nitrogens with one attached hydrogen (secondary N) is 1. The zero-order valence-corrected chi connectivity index (χ0v) is 13.1. The summed E-state index contributed by atoms with van der Waals surface area (Å²) in [5.74, 6) is -5.00. The molecule has 2 heterocycles. The topological polar surface area (TPSA) is 46.5 Å². The lowest BCUT2D eigenvalue weighted by atomic mass is 10.2. The molecule has 2 aromatic rings. The number of hydrogen-bond donors (Lipinski definition) is 1. The van der Waals surface area contributed by atoms with Crippen LogP contribution in [-0.4, -0.2) is 26.2 Å². The van der Waals surface area contributed by atoms with Crippen molar-refractivity contribution in [1.29, 1.82) is 0 Å². The van der Waals surface area contributed by atoms with Crippen molar-refractivity contribution < 1.29 is 22.0 Å². The molecule has 0 aromatic carbocycles. The Morgan fingerprint density at radius 1 is 1.29 bits per heavy atom. The number of aromatic nitrogens is 4. The number of H-pyrrole nitrogens is 1. The van der Waals surface area contributed by atoms with E-state index in [-0.39, 0.29) is 5.69 Å². The molecule has 0 bridgehead atoms. The zero-order chi connectivity index (χ0) is 16.0. The highest BCUT2D eigenvalue weighted by Gasteiger charge is 2.60. The molecular formula is C11H10F5IN4. The van der Waals surface area contributed by atoms with E-state index in [1.54, 1.807) is 6.92 Å². The van der Waals surface area contributed by atoms with Crippen LogP contribution in [0.4, 0.5) is 22.0 Å². The molecule has 2 aromatic heterocycles. The summed E-state index contributed by atoms with van der Waals surface area (Å²) >= 11 is 1.86. The number of aryl methyl sites for hydroxylation is 2. The standard InChI is InChI=1S/C11H10F5IN4/c1-3-6-8(9(17)19-18-6)21-5(2)4-7(20-21)10(12,13)11(14,15)16/h4H,3H2,1-2H3,(H,18,19). The average Bonchev–Trinajstić information content (AvgIpc) is 2.91. The second kappa shape index (κ2) is 5.21. The fourth-order valence-corrected chi connectivity index (χ4v) is 2.48. The van der Waals surface area contributed by atoms with Crippen LogP contribution in [0, 0.1) is 10.6 Å². The molecule has 0 fully saturated rings. The molecular weight excluding hydrogens is 410 g/mol. The third-order valence-corrected chi connectivity index (χ3v) is 3.65. The number of nitrogens with zero attached hydrogens (tertiary/aromatic N) is 3. The molecule has 0 aliphatic heterocycles. The second-order valence-corrected chi connectivity index (χ2v) is 5.37. The first-order valence-electron chi connectivity index (χ1n) is 5.84. The van der Waals surface area contributed by atoms with Crippen molar-refractivity contribution in [3.8, 4) is 5.69 Å². The van der Waals surface area contributed by atoms with Crippen molar-refractivity contribution in [2.24, 2.45) is 0 Å². The van der Waals surface area contributed by atoms with Crippen molar-refractivity contribution in [3.63, 3.8) is 0 Å². The van der Waals surface area contributed by atoms with E-state index in [2.05, 4.69) is 15.3 Å². The van der Waals surface area contributed by atoms with E-state index in [0.717, 1.165) is 10.7 Å². The first kappa shape index (κ1) is 16.2. The van der Waals surface area contributed by atoms with Gasteiger partial charge in [-0.3, -0.25) is 5.10 Å². The lowest BCUT2D eigenvalue weighted by Crippen LogP contribution is -2.34. The quantitative estimate of drug-likeness (QED) is 0.608. The summed E-state index contributed by atoms with van der Waals surface area (Å²) in [6, 6.07) is 0.732. The van der Waals surface area contributed by atoms with Crippen LogP contribution in [0.15, 0.2) is 6.07 Å². The average molecular weight is 420 g/mol. The predicted molar refractivity (Wildman–Crippen MR) is 72.5 cm³/mol. The summed E-state index contributed by atoms with van der Waals surface area (Å²) in [5, 5.41) is 10.1. The van der Waals surface area contributed by atoms with Gasteiger partial charge in [-0.15, -0.1) is 0 Å². The minimum atomic E-state index is -5.68. The Kier molecular flexibility index (Phi) is 4.02. The summed E-state index contributed by atoms with van der Waals surface area (Å²) in [5.41, 5.74) is -0.165.